The fourth-order valence-electron chi connectivity index (χ4n) is 3.81. The lowest BCUT2D eigenvalue weighted by Crippen LogP contribution is -2.47. The van der Waals surface area contributed by atoms with Gasteiger partial charge in [0, 0.05) is 18.2 Å². The molecule has 0 radical (unpaired) electrons. The lowest BCUT2D eigenvalue weighted by molar-refractivity contribution is -0.121. The number of hydrogen-bond donors (Lipinski definition) is 0. The number of fused-ring (bicyclic) bond motifs is 2. The van der Waals surface area contributed by atoms with Gasteiger partial charge in [-0.1, -0.05) is 12.1 Å². The van der Waals surface area contributed by atoms with Crippen molar-refractivity contribution in [2.24, 2.45) is 0 Å². The molecular weight excluding hydrogens is 360 g/mol. The lowest BCUT2D eigenvalue weighted by Gasteiger charge is -2.24. The number of ether oxygens (including phenoxy) is 2. The van der Waals surface area contributed by atoms with Crippen LogP contribution in [0.5, 0.6) is 11.5 Å². The van der Waals surface area contributed by atoms with E-state index >= 15 is 0 Å². The molecule has 1 fully saturated rings. The van der Waals surface area contributed by atoms with Crippen molar-refractivity contribution in [3.05, 3.63) is 53.6 Å². The highest BCUT2D eigenvalue weighted by atomic mass is 16.5. The van der Waals surface area contributed by atoms with E-state index in [9.17, 15) is 14.4 Å². The van der Waals surface area contributed by atoms with Gasteiger partial charge in [0.25, 0.3) is 17.7 Å². The number of nitrogens with zero attached hydrogens (tertiary/aromatic N) is 2. The minimum absolute atomic E-state index is 0.218. The highest BCUT2D eigenvalue weighted by Crippen LogP contribution is 2.34. The monoisotopic (exact) mass is 380 g/mol. The van der Waals surface area contributed by atoms with Crippen LogP contribution in [0.1, 0.15) is 33.6 Å². The third kappa shape index (κ3) is 2.79. The molecule has 2 heterocycles. The number of amides is 3. The summed E-state index contributed by atoms with van der Waals surface area (Å²) in [6.45, 7) is 0.512. The lowest BCUT2D eigenvalue weighted by atomic mass is 10.1. The highest BCUT2D eigenvalue weighted by molar-refractivity contribution is 6.26. The summed E-state index contributed by atoms with van der Waals surface area (Å²) in [7, 11) is 2.98. The van der Waals surface area contributed by atoms with Gasteiger partial charge in [-0.3, -0.25) is 14.4 Å². The third-order valence-electron chi connectivity index (χ3n) is 5.20. The number of para-hydroxylation sites is 1. The quantitative estimate of drug-likeness (QED) is 0.765. The maximum atomic E-state index is 13.4. The number of benzene rings is 2. The van der Waals surface area contributed by atoms with Gasteiger partial charge in [-0.2, -0.15) is 0 Å². The van der Waals surface area contributed by atoms with Crippen LogP contribution in [0.25, 0.3) is 0 Å². The number of anilines is 1. The van der Waals surface area contributed by atoms with Crippen molar-refractivity contribution >= 4 is 23.4 Å². The maximum Gasteiger partial charge on any atom is 0.265 e. The van der Waals surface area contributed by atoms with Crippen molar-refractivity contribution in [1.82, 2.24) is 4.90 Å². The van der Waals surface area contributed by atoms with Crippen molar-refractivity contribution in [2.45, 2.75) is 18.9 Å². The molecule has 2 aliphatic rings. The normalized spacial score (nSPS) is 18.4. The van der Waals surface area contributed by atoms with E-state index in [4.69, 9.17) is 9.47 Å². The fraction of sp³-hybridized carbons (Fsp3) is 0.286. The van der Waals surface area contributed by atoms with Gasteiger partial charge in [-0.05, 0) is 37.1 Å². The summed E-state index contributed by atoms with van der Waals surface area (Å²) in [5.74, 6) is -0.239. The molecule has 0 aromatic heterocycles. The molecule has 7 nitrogen and oxygen atoms in total. The Morgan fingerprint density at radius 3 is 2.39 bits per heavy atom. The van der Waals surface area contributed by atoms with E-state index in [-0.39, 0.29) is 17.4 Å². The topological polar surface area (TPSA) is 76.2 Å². The summed E-state index contributed by atoms with van der Waals surface area (Å²) in [6, 6.07) is 10.9. The van der Waals surface area contributed by atoms with Gasteiger partial charge < -0.3 is 14.4 Å². The molecule has 0 saturated carbocycles. The van der Waals surface area contributed by atoms with E-state index in [1.807, 2.05) is 0 Å². The largest absolute Gasteiger partial charge is 0.497 e. The zero-order chi connectivity index (χ0) is 19.8. The van der Waals surface area contributed by atoms with Gasteiger partial charge in [-0.15, -0.1) is 0 Å². The number of rotatable bonds is 3. The van der Waals surface area contributed by atoms with E-state index in [1.165, 1.54) is 14.2 Å². The van der Waals surface area contributed by atoms with Gasteiger partial charge in [0.05, 0.1) is 25.5 Å². The van der Waals surface area contributed by atoms with Crippen LogP contribution in [-0.4, -0.2) is 49.4 Å². The molecule has 7 heteroatoms. The van der Waals surface area contributed by atoms with Crippen molar-refractivity contribution in [3.8, 4) is 11.5 Å². The van der Waals surface area contributed by atoms with Crippen molar-refractivity contribution in [3.63, 3.8) is 0 Å². The summed E-state index contributed by atoms with van der Waals surface area (Å²) >= 11 is 0. The molecule has 0 N–H and O–H groups in total. The van der Waals surface area contributed by atoms with E-state index in [0.29, 0.717) is 35.7 Å². The maximum absolute atomic E-state index is 13.4. The first kappa shape index (κ1) is 18.0. The Balaban J connectivity index is 1.85. The molecule has 2 aromatic carbocycles. The predicted molar refractivity (Wildman–Crippen MR) is 102 cm³/mol. The highest BCUT2D eigenvalue weighted by Gasteiger charge is 2.44. The molecule has 2 aliphatic heterocycles. The van der Waals surface area contributed by atoms with Crippen LogP contribution in [0.15, 0.2) is 42.5 Å². The first-order valence-electron chi connectivity index (χ1n) is 9.06. The Kier molecular flexibility index (Phi) is 4.50. The Morgan fingerprint density at radius 1 is 1.04 bits per heavy atom. The van der Waals surface area contributed by atoms with Gasteiger partial charge in [0.15, 0.2) is 0 Å². The van der Waals surface area contributed by atoms with E-state index in [2.05, 4.69) is 0 Å². The standard InChI is InChI=1S/C21H20N2O5/c1-27-14-10-13(11-15(12-14)28-2)19(24)23-17-7-4-3-6-16(17)20(25)22-9-5-8-18(22)21(23)26/h3-4,6-7,10-12,18H,5,8-9H2,1-2H3. The molecule has 0 spiro atoms. The van der Waals surface area contributed by atoms with E-state index < -0.39 is 11.9 Å². The first-order chi connectivity index (χ1) is 13.5. The second-order valence-corrected chi connectivity index (χ2v) is 6.75. The van der Waals surface area contributed by atoms with Crippen LogP contribution in [0.4, 0.5) is 5.69 Å². The SMILES string of the molecule is COc1cc(OC)cc(C(=O)N2C(=O)C3CCCN3C(=O)c3ccccc32)c1. The molecule has 2 aromatic rings. The predicted octanol–water partition coefficient (Wildman–Crippen LogP) is 2.50. The molecule has 1 atom stereocenters. The van der Waals surface area contributed by atoms with Gasteiger partial charge in [0.1, 0.15) is 17.5 Å². The van der Waals surface area contributed by atoms with E-state index in [1.54, 1.807) is 47.4 Å². The molecule has 0 aliphatic carbocycles. The Bertz CT molecular complexity index is 949. The van der Waals surface area contributed by atoms with Crippen LogP contribution in [0, 0.1) is 0 Å². The van der Waals surface area contributed by atoms with Crippen molar-refractivity contribution in [1.29, 1.82) is 0 Å². The molecule has 28 heavy (non-hydrogen) atoms. The second-order valence-electron chi connectivity index (χ2n) is 6.75. The summed E-state index contributed by atoms with van der Waals surface area (Å²) in [6.07, 6.45) is 1.28. The third-order valence-corrected chi connectivity index (χ3v) is 5.20. The van der Waals surface area contributed by atoms with Crippen LogP contribution < -0.4 is 14.4 Å². The summed E-state index contributed by atoms with van der Waals surface area (Å²) in [5.41, 5.74) is 0.903. The number of carbonyl (C=O) groups excluding carboxylic acids is 3. The second kappa shape index (κ2) is 6.99. The van der Waals surface area contributed by atoms with Crippen LogP contribution in [-0.2, 0) is 4.79 Å². The number of imide groups is 1. The summed E-state index contributed by atoms with van der Waals surface area (Å²) in [4.78, 5) is 42.4. The van der Waals surface area contributed by atoms with Gasteiger partial charge >= 0.3 is 0 Å². The van der Waals surface area contributed by atoms with Crippen LogP contribution in [0.3, 0.4) is 0 Å². The van der Waals surface area contributed by atoms with Crippen molar-refractivity contribution in [2.75, 3.05) is 25.7 Å². The van der Waals surface area contributed by atoms with Crippen LogP contribution in [0.2, 0.25) is 0 Å². The smallest absolute Gasteiger partial charge is 0.265 e. The minimum Gasteiger partial charge on any atom is -0.497 e. The Labute approximate surface area is 162 Å². The molecule has 1 unspecified atom stereocenters. The average Bonchev–Trinajstić information content (AvgIpc) is 3.20. The van der Waals surface area contributed by atoms with E-state index in [0.717, 1.165) is 11.3 Å². The molecule has 144 valence electrons. The molecule has 0 bridgehead atoms. The Morgan fingerprint density at radius 2 is 1.71 bits per heavy atom. The summed E-state index contributed by atoms with van der Waals surface area (Å²) in [5, 5.41) is 0. The van der Waals surface area contributed by atoms with Gasteiger partial charge in [0.2, 0.25) is 0 Å². The molecule has 3 amide bonds. The number of carbonyl (C=O) groups is 3. The minimum atomic E-state index is -0.628. The first-order valence-corrected chi connectivity index (χ1v) is 9.06. The summed E-state index contributed by atoms with van der Waals surface area (Å²) < 4.78 is 10.5. The molecule has 4 rings (SSSR count). The van der Waals surface area contributed by atoms with Crippen molar-refractivity contribution < 1.29 is 23.9 Å². The number of methoxy groups -OCH3 is 2. The number of hydrogen-bond acceptors (Lipinski definition) is 5. The Hall–Kier alpha value is -3.35. The fourth-order valence-corrected chi connectivity index (χ4v) is 3.81. The average molecular weight is 380 g/mol. The molecular formula is C21H20N2O5. The zero-order valence-electron chi connectivity index (χ0n) is 15.7. The van der Waals surface area contributed by atoms with Gasteiger partial charge in [-0.25, -0.2) is 4.90 Å². The zero-order valence-corrected chi connectivity index (χ0v) is 15.7. The molecule has 1 saturated heterocycles. The van der Waals surface area contributed by atoms with Crippen LogP contribution >= 0.6 is 0 Å².